The first kappa shape index (κ1) is 7.31. The Bertz CT molecular complexity index is 352. The maximum Gasteiger partial charge on any atom is 0.118 e. The molecule has 2 aromatic heterocycles. The van der Waals surface area contributed by atoms with Crippen LogP contribution in [0.2, 0.25) is 5.02 Å². The smallest absolute Gasteiger partial charge is 0.118 e. The zero-order valence-corrected chi connectivity index (χ0v) is 6.84. The van der Waals surface area contributed by atoms with Crippen molar-refractivity contribution in [2.45, 2.75) is 0 Å². The van der Waals surface area contributed by atoms with E-state index in [0.717, 1.165) is 5.69 Å². The molecule has 0 atom stereocenters. The van der Waals surface area contributed by atoms with E-state index in [2.05, 4.69) is 21.2 Å². The second kappa shape index (κ2) is 2.95. The van der Waals surface area contributed by atoms with Gasteiger partial charge in [0.15, 0.2) is 0 Å². The molecule has 0 saturated heterocycles. The van der Waals surface area contributed by atoms with Gasteiger partial charge in [-0.25, -0.2) is 0 Å². The fourth-order valence-corrected chi connectivity index (χ4v) is 0.989. The number of hydrogen-bond acceptors (Lipinski definition) is 2. The predicted molar refractivity (Wildman–Crippen MR) is 45.7 cm³/mol. The van der Waals surface area contributed by atoms with Crippen LogP contribution in [0.3, 0.4) is 0 Å². The minimum Gasteiger partial charge on any atom is -0.284 e. The van der Waals surface area contributed by atoms with Crippen molar-refractivity contribution in [1.29, 1.82) is 0 Å². The molecule has 59 valence electrons. The molecule has 3 nitrogen and oxygen atoms in total. The van der Waals surface area contributed by atoms with Gasteiger partial charge >= 0.3 is 0 Å². The van der Waals surface area contributed by atoms with Crippen LogP contribution >= 0.6 is 11.6 Å². The normalized spacial score (nSPS) is 10.1. The molecule has 0 aliphatic heterocycles. The molecule has 2 rings (SSSR count). The lowest BCUT2D eigenvalue weighted by Crippen LogP contribution is -1.82. The van der Waals surface area contributed by atoms with E-state index in [1.165, 1.54) is 0 Å². The van der Waals surface area contributed by atoms with Crippen LogP contribution in [0.5, 0.6) is 0 Å². The highest BCUT2D eigenvalue weighted by molar-refractivity contribution is 6.30. The molecule has 0 fully saturated rings. The summed E-state index contributed by atoms with van der Waals surface area (Å²) in [5.74, 6) is 0. The summed E-state index contributed by atoms with van der Waals surface area (Å²) in [6, 6.07) is 6.47. The molecule has 1 radical (unpaired) electrons. The molecule has 0 spiro atoms. The molecule has 0 amide bonds. The highest BCUT2D eigenvalue weighted by Gasteiger charge is 1.99. The molecule has 0 aliphatic rings. The third kappa shape index (κ3) is 1.31. The molecule has 0 bridgehead atoms. The number of nitrogens with one attached hydrogen (secondary N) is 1. The van der Waals surface area contributed by atoms with E-state index in [-0.39, 0.29) is 0 Å². The van der Waals surface area contributed by atoms with Gasteiger partial charge in [-0.2, -0.15) is 5.10 Å². The number of pyridine rings is 1. The van der Waals surface area contributed by atoms with Crippen LogP contribution in [0.15, 0.2) is 24.5 Å². The quantitative estimate of drug-likeness (QED) is 0.725. The third-order valence-electron chi connectivity index (χ3n) is 1.42. The van der Waals surface area contributed by atoms with Crippen LogP contribution in [-0.2, 0) is 0 Å². The molecule has 12 heavy (non-hydrogen) atoms. The summed E-state index contributed by atoms with van der Waals surface area (Å²) < 4.78 is 0. The van der Waals surface area contributed by atoms with E-state index in [4.69, 9.17) is 11.6 Å². The van der Waals surface area contributed by atoms with Crippen molar-refractivity contribution in [3.05, 3.63) is 35.6 Å². The lowest BCUT2D eigenvalue weighted by atomic mass is 10.3. The number of halogens is 1. The average Bonchev–Trinajstić information content (AvgIpc) is 2.58. The fourth-order valence-electron chi connectivity index (χ4n) is 0.877. The molecule has 0 unspecified atom stereocenters. The summed E-state index contributed by atoms with van der Waals surface area (Å²) >= 11 is 5.67. The summed E-state index contributed by atoms with van der Waals surface area (Å²) in [4.78, 5) is 4.08. The summed E-state index contributed by atoms with van der Waals surface area (Å²) in [7, 11) is 0. The Labute approximate surface area is 74.4 Å². The van der Waals surface area contributed by atoms with Crippen molar-refractivity contribution in [2.24, 2.45) is 0 Å². The van der Waals surface area contributed by atoms with Gasteiger partial charge in [-0.1, -0.05) is 11.6 Å². The van der Waals surface area contributed by atoms with Crippen molar-refractivity contribution in [1.82, 2.24) is 15.2 Å². The predicted octanol–water partition coefficient (Wildman–Crippen LogP) is 1.93. The van der Waals surface area contributed by atoms with Crippen LogP contribution in [0.25, 0.3) is 11.4 Å². The van der Waals surface area contributed by atoms with Crippen molar-refractivity contribution >= 4 is 11.6 Å². The second-order valence-electron chi connectivity index (χ2n) is 2.24. The van der Waals surface area contributed by atoms with Crippen molar-refractivity contribution in [3.8, 4) is 11.4 Å². The van der Waals surface area contributed by atoms with Crippen LogP contribution in [0, 0.1) is 6.07 Å². The molecule has 2 aromatic rings. The summed E-state index contributed by atoms with van der Waals surface area (Å²) in [6.07, 6.45) is 3.21. The largest absolute Gasteiger partial charge is 0.284 e. The Kier molecular flexibility index (Phi) is 1.80. The van der Waals surface area contributed by atoms with E-state index in [1.807, 2.05) is 0 Å². The lowest BCUT2D eigenvalue weighted by Gasteiger charge is -1.93. The second-order valence-corrected chi connectivity index (χ2v) is 2.68. The van der Waals surface area contributed by atoms with Gasteiger partial charge in [-0.05, 0) is 12.1 Å². The fraction of sp³-hybridized carbons (Fsp3) is 0. The van der Waals surface area contributed by atoms with E-state index in [1.54, 1.807) is 24.5 Å². The SMILES string of the molecule is Clc1ccc(-c2[c]c[nH]n2)nc1. The molecule has 0 saturated carbocycles. The Hall–Kier alpha value is -1.35. The first-order chi connectivity index (χ1) is 5.86. The first-order valence-electron chi connectivity index (χ1n) is 3.39. The van der Waals surface area contributed by atoms with Crippen molar-refractivity contribution < 1.29 is 0 Å². The van der Waals surface area contributed by atoms with Crippen LogP contribution in [-0.4, -0.2) is 15.2 Å². The van der Waals surface area contributed by atoms with Gasteiger partial charge in [0.2, 0.25) is 0 Å². The van der Waals surface area contributed by atoms with Gasteiger partial charge in [-0.3, -0.25) is 10.1 Å². The van der Waals surface area contributed by atoms with Crippen molar-refractivity contribution in [2.75, 3.05) is 0 Å². The average molecular weight is 179 g/mol. The molecule has 0 aliphatic carbocycles. The van der Waals surface area contributed by atoms with E-state index < -0.39 is 0 Å². The Morgan fingerprint density at radius 1 is 1.42 bits per heavy atom. The van der Waals surface area contributed by atoms with Gasteiger partial charge in [0.25, 0.3) is 0 Å². The minimum atomic E-state index is 0.620. The molecule has 2 heterocycles. The molecule has 1 N–H and O–H groups in total. The van der Waals surface area contributed by atoms with Crippen LogP contribution < -0.4 is 0 Å². The minimum absolute atomic E-state index is 0.620. The monoisotopic (exact) mass is 178 g/mol. The highest BCUT2D eigenvalue weighted by Crippen LogP contribution is 2.14. The van der Waals surface area contributed by atoms with Gasteiger partial charge in [0.1, 0.15) is 5.69 Å². The van der Waals surface area contributed by atoms with Gasteiger partial charge in [0, 0.05) is 18.5 Å². The van der Waals surface area contributed by atoms with Gasteiger partial charge < -0.3 is 0 Å². The topological polar surface area (TPSA) is 41.6 Å². The number of aromatic amines is 1. The summed E-state index contributed by atoms with van der Waals surface area (Å²) in [6.45, 7) is 0. The summed E-state index contributed by atoms with van der Waals surface area (Å²) in [5, 5.41) is 7.21. The van der Waals surface area contributed by atoms with Gasteiger partial charge in [-0.15, -0.1) is 0 Å². The standard InChI is InChI=1S/C8H5ClN3/c9-6-1-2-7(10-5-6)8-3-4-11-12-8/h1-2,4-5H,(H,11,12). The number of hydrogen-bond donors (Lipinski definition) is 1. The first-order valence-corrected chi connectivity index (χ1v) is 3.77. The number of aromatic nitrogens is 3. The Morgan fingerprint density at radius 2 is 2.33 bits per heavy atom. The maximum atomic E-state index is 5.67. The third-order valence-corrected chi connectivity index (χ3v) is 1.64. The molecular formula is C8H5ClN3. The van der Waals surface area contributed by atoms with Crippen LogP contribution in [0.4, 0.5) is 0 Å². The van der Waals surface area contributed by atoms with E-state index in [9.17, 15) is 0 Å². The zero-order chi connectivity index (χ0) is 8.39. The van der Waals surface area contributed by atoms with E-state index >= 15 is 0 Å². The Balaban J connectivity index is 2.43. The number of nitrogens with zero attached hydrogens (tertiary/aromatic N) is 2. The van der Waals surface area contributed by atoms with E-state index in [0.29, 0.717) is 10.7 Å². The molecular weight excluding hydrogens is 174 g/mol. The number of rotatable bonds is 1. The number of H-pyrrole nitrogens is 1. The highest BCUT2D eigenvalue weighted by atomic mass is 35.5. The Morgan fingerprint density at radius 3 is 2.92 bits per heavy atom. The molecule has 0 aromatic carbocycles. The molecule has 4 heteroatoms. The van der Waals surface area contributed by atoms with Crippen LogP contribution in [0.1, 0.15) is 0 Å². The maximum absolute atomic E-state index is 5.67. The summed E-state index contributed by atoms with van der Waals surface area (Å²) in [5.41, 5.74) is 1.47. The zero-order valence-electron chi connectivity index (χ0n) is 6.08. The lowest BCUT2D eigenvalue weighted by molar-refractivity contribution is 1.09. The van der Waals surface area contributed by atoms with Crippen molar-refractivity contribution in [3.63, 3.8) is 0 Å². The van der Waals surface area contributed by atoms with Gasteiger partial charge in [0.05, 0.1) is 10.7 Å².